The Hall–Kier alpha value is -3.29. The van der Waals surface area contributed by atoms with Crippen molar-refractivity contribution in [1.82, 2.24) is 29.8 Å². The number of benzene rings is 1. The van der Waals surface area contributed by atoms with Crippen LogP contribution in [0.4, 0.5) is 0 Å². The zero-order chi connectivity index (χ0) is 21.9. The molecule has 8 heteroatoms. The average Bonchev–Trinajstić information content (AvgIpc) is 3.35. The molecule has 2 heterocycles. The Morgan fingerprint density at radius 3 is 2.74 bits per heavy atom. The van der Waals surface area contributed by atoms with Crippen LogP contribution in [0, 0.1) is 18.8 Å². The van der Waals surface area contributed by atoms with E-state index in [1.807, 2.05) is 23.6 Å². The van der Waals surface area contributed by atoms with Gasteiger partial charge >= 0.3 is 0 Å². The molecule has 3 aromatic rings. The second-order valence-corrected chi connectivity index (χ2v) is 9.01. The van der Waals surface area contributed by atoms with Crippen molar-refractivity contribution in [1.29, 1.82) is 0 Å². The maximum Gasteiger partial charge on any atom is 0.276 e. The molecule has 5 rings (SSSR count). The fourth-order valence-corrected chi connectivity index (χ4v) is 5.60. The zero-order valence-corrected chi connectivity index (χ0v) is 18.2. The van der Waals surface area contributed by atoms with E-state index in [0.717, 1.165) is 47.4 Å². The molecular formula is C23H26N6O2. The van der Waals surface area contributed by atoms with Crippen molar-refractivity contribution in [2.24, 2.45) is 18.9 Å². The summed E-state index contributed by atoms with van der Waals surface area (Å²) < 4.78 is 2.02. The molecule has 2 aliphatic carbocycles. The normalized spacial score (nSPS) is 26.7. The summed E-state index contributed by atoms with van der Waals surface area (Å²) >= 11 is 0. The molecule has 2 aromatic heterocycles. The lowest BCUT2D eigenvalue weighted by molar-refractivity contribution is -0.124. The molecule has 160 valence electrons. The minimum Gasteiger partial charge on any atom is -0.515 e. The number of aromatic nitrogens is 6. The van der Waals surface area contributed by atoms with Gasteiger partial charge in [0.2, 0.25) is 0 Å². The van der Waals surface area contributed by atoms with Gasteiger partial charge in [-0.25, -0.2) is 4.98 Å². The van der Waals surface area contributed by atoms with Crippen LogP contribution >= 0.6 is 0 Å². The van der Waals surface area contributed by atoms with E-state index in [2.05, 4.69) is 41.4 Å². The van der Waals surface area contributed by atoms with Crippen molar-refractivity contribution < 1.29 is 9.90 Å². The van der Waals surface area contributed by atoms with Gasteiger partial charge in [0.15, 0.2) is 5.78 Å². The Bertz CT molecular complexity index is 1220. The molecule has 2 aliphatic rings. The van der Waals surface area contributed by atoms with Gasteiger partial charge in [-0.2, -0.15) is 4.80 Å². The number of tetrazole rings is 1. The molecule has 0 aliphatic heterocycles. The van der Waals surface area contributed by atoms with Gasteiger partial charge in [-0.1, -0.05) is 43.2 Å². The Labute approximate surface area is 180 Å². The average molecular weight is 419 g/mol. The second kappa shape index (κ2) is 6.87. The number of aliphatic hydroxyl groups excluding tert-OH is 1. The molecule has 0 unspecified atom stereocenters. The molecule has 1 fully saturated rings. The van der Waals surface area contributed by atoms with Crippen molar-refractivity contribution in [3.05, 3.63) is 53.1 Å². The van der Waals surface area contributed by atoms with Gasteiger partial charge in [-0.15, -0.1) is 5.10 Å². The number of aryl methyl sites for hydroxylation is 2. The Balaban J connectivity index is 1.78. The molecule has 8 nitrogen and oxygen atoms in total. The van der Waals surface area contributed by atoms with Crippen LogP contribution in [0.2, 0.25) is 0 Å². The van der Waals surface area contributed by atoms with Gasteiger partial charge in [0.05, 0.1) is 24.7 Å². The van der Waals surface area contributed by atoms with E-state index in [0.29, 0.717) is 17.9 Å². The summed E-state index contributed by atoms with van der Waals surface area (Å²) in [5, 5.41) is 22.6. The largest absolute Gasteiger partial charge is 0.515 e. The van der Waals surface area contributed by atoms with E-state index < -0.39 is 0 Å². The SMILES string of the molecule is Cc1ccccc1-c1nc2c(n1-c1nnn(C)n1)CC[C@H]1[C@H](C)C(=O)/C(=C\O)C[C@]21C. The monoisotopic (exact) mass is 418 g/mol. The molecule has 0 radical (unpaired) electrons. The van der Waals surface area contributed by atoms with E-state index in [1.54, 1.807) is 7.05 Å². The van der Waals surface area contributed by atoms with Crippen LogP contribution in [0.25, 0.3) is 17.3 Å². The van der Waals surface area contributed by atoms with Crippen LogP contribution in [-0.2, 0) is 23.7 Å². The molecule has 1 aromatic carbocycles. The first-order valence-corrected chi connectivity index (χ1v) is 10.6. The maximum atomic E-state index is 12.7. The first-order valence-electron chi connectivity index (χ1n) is 10.6. The number of hydrogen-bond acceptors (Lipinski definition) is 6. The van der Waals surface area contributed by atoms with Gasteiger partial charge < -0.3 is 5.11 Å². The van der Waals surface area contributed by atoms with E-state index >= 15 is 0 Å². The van der Waals surface area contributed by atoms with Crippen molar-refractivity contribution >= 4 is 5.78 Å². The van der Waals surface area contributed by atoms with Crippen LogP contribution in [0.15, 0.2) is 36.1 Å². The van der Waals surface area contributed by atoms with E-state index in [9.17, 15) is 9.90 Å². The van der Waals surface area contributed by atoms with Gasteiger partial charge in [0, 0.05) is 22.5 Å². The summed E-state index contributed by atoms with van der Waals surface area (Å²) in [7, 11) is 1.75. The first kappa shape index (κ1) is 19.7. The number of rotatable bonds is 2. The van der Waals surface area contributed by atoms with Crippen molar-refractivity contribution in [3.8, 4) is 17.3 Å². The van der Waals surface area contributed by atoms with Crippen LogP contribution < -0.4 is 0 Å². The number of allylic oxidation sites excluding steroid dienone is 1. The van der Waals surface area contributed by atoms with Crippen molar-refractivity contribution in [3.63, 3.8) is 0 Å². The third-order valence-electron chi connectivity index (χ3n) is 7.16. The van der Waals surface area contributed by atoms with Crippen molar-refractivity contribution in [2.45, 2.75) is 45.4 Å². The van der Waals surface area contributed by atoms with Crippen LogP contribution in [0.1, 0.15) is 43.6 Å². The van der Waals surface area contributed by atoms with Crippen LogP contribution in [0.5, 0.6) is 0 Å². The van der Waals surface area contributed by atoms with Gasteiger partial charge in [-0.3, -0.25) is 9.36 Å². The number of ketones is 1. The Morgan fingerprint density at radius 1 is 1.29 bits per heavy atom. The fourth-order valence-electron chi connectivity index (χ4n) is 5.60. The van der Waals surface area contributed by atoms with Gasteiger partial charge in [-0.05, 0) is 42.9 Å². The lowest BCUT2D eigenvalue weighted by atomic mass is 9.56. The number of fused-ring (bicyclic) bond motifs is 3. The summed E-state index contributed by atoms with van der Waals surface area (Å²) in [6, 6.07) is 8.14. The molecule has 0 amide bonds. The van der Waals surface area contributed by atoms with Crippen LogP contribution in [-0.4, -0.2) is 40.6 Å². The summed E-state index contributed by atoms with van der Waals surface area (Å²) in [5.74, 6) is 1.33. The first-order chi connectivity index (χ1) is 14.8. The summed E-state index contributed by atoms with van der Waals surface area (Å²) in [6.45, 7) is 6.21. The smallest absolute Gasteiger partial charge is 0.276 e. The number of Topliss-reactive ketones (excluding diaryl/α,β-unsaturated/α-hetero) is 1. The Morgan fingerprint density at radius 2 is 2.06 bits per heavy atom. The lowest BCUT2D eigenvalue weighted by Crippen LogP contribution is -2.48. The summed E-state index contributed by atoms with van der Waals surface area (Å²) in [5.41, 5.74) is 4.27. The molecular weight excluding hydrogens is 392 g/mol. The quantitative estimate of drug-likeness (QED) is 0.507. The zero-order valence-electron chi connectivity index (χ0n) is 18.2. The van der Waals surface area contributed by atoms with Gasteiger partial charge in [0.1, 0.15) is 5.82 Å². The number of imidazole rings is 1. The summed E-state index contributed by atoms with van der Waals surface area (Å²) in [6.07, 6.45) is 3.11. The third kappa shape index (κ3) is 2.77. The number of aliphatic hydroxyl groups is 1. The highest BCUT2D eigenvalue weighted by Gasteiger charge is 2.52. The maximum absolute atomic E-state index is 12.7. The number of hydrogen-bond donors (Lipinski definition) is 1. The minimum atomic E-state index is -0.361. The highest BCUT2D eigenvalue weighted by Crippen LogP contribution is 2.53. The molecule has 0 bridgehead atoms. The predicted octanol–water partition coefficient (Wildman–Crippen LogP) is 3.24. The molecule has 0 saturated heterocycles. The number of nitrogens with zero attached hydrogens (tertiary/aromatic N) is 6. The minimum absolute atomic E-state index is 0.0441. The van der Waals surface area contributed by atoms with E-state index in [1.165, 1.54) is 4.80 Å². The molecule has 31 heavy (non-hydrogen) atoms. The van der Waals surface area contributed by atoms with E-state index in [-0.39, 0.29) is 23.0 Å². The predicted molar refractivity (Wildman–Crippen MR) is 115 cm³/mol. The summed E-state index contributed by atoms with van der Waals surface area (Å²) in [4.78, 5) is 19.4. The highest BCUT2D eigenvalue weighted by atomic mass is 16.2. The Kier molecular flexibility index (Phi) is 4.35. The molecule has 3 atom stereocenters. The molecule has 0 spiro atoms. The van der Waals surface area contributed by atoms with Crippen LogP contribution in [0.3, 0.4) is 0 Å². The topological polar surface area (TPSA) is 98.7 Å². The number of carbonyl (C=O) groups is 1. The van der Waals surface area contributed by atoms with Crippen molar-refractivity contribution in [2.75, 3.05) is 0 Å². The van der Waals surface area contributed by atoms with Gasteiger partial charge in [0.25, 0.3) is 5.95 Å². The number of carbonyl (C=O) groups excluding carboxylic acids is 1. The fraction of sp³-hybridized carbons (Fsp3) is 0.435. The molecule has 1 saturated carbocycles. The third-order valence-corrected chi connectivity index (χ3v) is 7.16. The standard InChI is InChI=1S/C23H26N6O2/c1-13-7-5-6-8-16(13)21-24-20-18(29(21)22-25-27-28(4)26-22)10-9-17-14(2)19(31)15(12-30)11-23(17,20)3/h5-8,12,14,17,30H,9-11H2,1-4H3/b15-12-/t14-,17-,23-/m0/s1. The van der Waals surface area contributed by atoms with E-state index in [4.69, 9.17) is 4.98 Å². The highest BCUT2D eigenvalue weighted by molar-refractivity contribution is 5.98. The molecule has 1 N–H and O–H groups in total. The second-order valence-electron chi connectivity index (χ2n) is 9.01. The lowest BCUT2D eigenvalue weighted by Gasteiger charge is -2.47.